The van der Waals surface area contributed by atoms with Crippen molar-refractivity contribution in [3.63, 3.8) is 0 Å². The number of imidazole rings is 1. The summed E-state index contributed by atoms with van der Waals surface area (Å²) >= 11 is 0. The number of amides is 1. The number of nitrogens with zero attached hydrogens (tertiary/aromatic N) is 4. The van der Waals surface area contributed by atoms with Crippen LogP contribution in [0.15, 0.2) is 73.3 Å². The van der Waals surface area contributed by atoms with Gasteiger partial charge >= 0.3 is 0 Å². The highest BCUT2D eigenvalue weighted by molar-refractivity contribution is 6.04. The van der Waals surface area contributed by atoms with Gasteiger partial charge in [0.1, 0.15) is 5.82 Å². The molecule has 0 fully saturated rings. The Kier molecular flexibility index (Phi) is 9.57. The molecule has 2 heterocycles. The van der Waals surface area contributed by atoms with E-state index in [-0.39, 0.29) is 11.4 Å². The molecule has 0 bridgehead atoms. The van der Waals surface area contributed by atoms with Crippen molar-refractivity contribution in [2.24, 2.45) is 5.73 Å². The zero-order chi connectivity index (χ0) is 27.7. The number of aryl methyl sites for hydroxylation is 1. The molecule has 0 aliphatic carbocycles. The Hall–Kier alpha value is -3.88. The minimum atomic E-state index is -0.321. The number of nitrogens with two attached hydrogens (primary N) is 1. The third-order valence-corrected chi connectivity index (χ3v) is 6.88. The Labute approximate surface area is 231 Å². The van der Waals surface area contributed by atoms with Crippen LogP contribution in [0.5, 0.6) is 0 Å². The van der Waals surface area contributed by atoms with Gasteiger partial charge in [-0.3, -0.25) is 19.7 Å². The maximum Gasteiger partial charge on any atom is 0.255 e. The van der Waals surface area contributed by atoms with Crippen LogP contribution in [0, 0.1) is 6.92 Å². The summed E-state index contributed by atoms with van der Waals surface area (Å²) in [6, 6.07) is 15.7. The number of nitrogens with one attached hydrogen (secondary N) is 2. The van der Waals surface area contributed by atoms with E-state index in [0.717, 1.165) is 59.7 Å². The largest absolute Gasteiger partial charge is 0.348 e. The molecule has 204 valence electrons. The molecule has 0 unspecified atom stereocenters. The summed E-state index contributed by atoms with van der Waals surface area (Å²) in [6.07, 6.45) is 11.1. The van der Waals surface area contributed by atoms with Crippen molar-refractivity contribution >= 4 is 11.6 Å². The Morgan fingerprint density at radius 3 is 2.23 bits per heavy atom. The Balaban J connectivity index is 1.40. The Morgan fingerprint density at radius 1 is 0.923 bits per heavy atom. The van der Waals surface area contributed by atoms with Crippen molar-refractivity contribution in [3.05, 3.63) is 107 Å². The second-order valence-electron chi connectivity index (χ2n) is 10.2. The molecular weight excluding hydrogens is 486 g/mol. The summed E-state index contributed by atoms with van der Waals surface area (Å²) in [5, 5.41) is 3.01. The number of rotatable bonds is 13. The van der Waals surface area contributed by atoms with Gasteiger partial charge in [-0.2, -0.15) is 0 Å². The predicted octanol–water partition coefficient (Wildman–Crippen LogP) is 5.72. The molecule has 0 saturated heterocycles. The van der Waals surface area contributed by atoms with Crippen LogP contribution in [0.3, 0.4) is 0 Å². The van der Waals surface area contributed by atoms with Crippen LogP contribution in [-0.2, 0) is 25.2 Å². The van der Waals surface area contributed by atoms with Gasteiger partial charge in [-0.05, 0) is 55.2 Å². The number of hydrogen-bond acceptors (Lipinski definition) is 6. The molecule has 2 aromatic carbocycles. The smallest absolute Gasteiger partial charge is 0.255 e. The van der Waals surface area contributed by atoms with E-state index in [4.69, 9.17) is 5.73 Å². The first-order valence-electron chi connectivity index (χ1n) is 13.7. The lowest BCUT2D eigenvalue weighted by Gasteiger charge is -2.29. The maximum absolute atomic E-state index is 12.9. The first-order valence-corrected chi connectivity index (χ1v) is 13.7. The fraction of sp³-hybridized carbons (Fsp3) is 0.355. The number of H-pyrrole nitrogens is 1. The lowest BCUT2D eigenvalue weighted by Crippen LogP contribution is -2.36. The van der Waals surface area contributed by atoms with Crippen LogP contribution in [0.2, 0.25) is 0 Å². The van der Waals surface area contributed by atoms with E-state index in [0.29, 0.717) is 25.2 Å². The second kappa shape index (κ2) is 13.3. The molecule has 8 nitrogen and oxygen atoms in total. The molecule has 0 aliphatic heterocycles. The molecule has 2 aromatic heterocycles. The molecule has 4 N–H and O–H groups in total. The minimum Gasteiger partial charge on any atom is -0.348 e. The van der Waals surface area contributed by atoms with Crippen LogP contribution < -0.4 is 11.1 Å². The number of hydrogen-bond donors (Lipinski definition) is 3. The van der Waals surface area contributed by atoms with Gasteiger partial charge in [0.2, 0.25) is 0 Å². The number of carbonyl (C=O) groups excluding carboxylic acids is 1. The van der Waals surface area contributed by atoms with E-state index in [1.807, 2.05) is 67.8 Å². The summed E-state index contributed by atoms with van der Waals surface area (Å²) in [6.45, 7) is 8.19. The highest BCUT2D eigenvalue weighted by Crippen LogP contribution is 2.29. The third-order valence-electron chi connectivity index (χ3n) is 6.88. The summed E-state index contributed by atoms with van der Waals surface area (Å²) in [5.41, 5.74) is 11.7. The number of aromatic nitrogens is 4. The first kappa shape index (κ1) is 28.1. The number of anilines is 1. The topological polar surface area (TPSA) is 113 Å². The average molecular weight is 526 g/mol. The molecule has 4 rings (SSSR count). The van der Waals surface area contributed by atoms with E-state index in [1.54, 1.807) is 12.4 Å². The van der Waals surface area contributed by atoms with Crippen LogP contribution in [-0.4, -0.2) is 30.7 Å². The van der Waals surface area contributed by atoms with Crippen LogP contribution in [0.25, 0.3) is 0 Å². The molecule has 4 aromatic rings. The summed E-state index contributed by atoms with van der Waals surface area (Å²) in [5.74, 6) is 0.742. The van der Waals surface area contributed by atoms with Gasteiger partial charge in [0.05, 0.1) is 17.9 Å². The number of aromatic amines is 1. The van der Waals surface area contributed by atoms with Crippen LogP contribution in [0.1, 0.15) is 78.2 Å². The standard InChI is InChI=1S/C31H39N7O/c1-4-14-31(32,15-5-2)26-10-12-27(13-11-26)37-30(39)25-8-6-24(7-9-25)20-38(22-29-33-16-17-34-29)21-28-19-35-23(3)18-36-28/h6-13,16-19H,4-5,14-15,20-22,32H2,1-3H3,(H,33,34)(H,37,39). The monoisotopic (exact) mass is 525 g/mol. The highest BCUT2D eigenvalue weighted by atomic mass is 16.1. The van der Waals surface area contributed by atoms with Crippen molar-refractivity contribution in [3.8, 4) is 0 Å². The van der Waals surface area contributed by atoms with Gasteiger partial charge in [0.15, 0.2) is 0 Å². The molecule has 39 heavy (non-hydrogen) atoms. The van der Waals surface area contributed by atoms with Gasteiger partial charge in [-0.1, -0.05) is 51.0 Å². The molecule has 0 aliphatic rings. The van der Waals surface area contributed by atoms with Crippen molar-refractivity contribution < 1.29 is 4.79 Å². The fourth-order valence-electron chi connectivity index (χ4n) is 4.91. The second-order valence-corrected chi connectivity index (χ2v) is 10.2. The molecule has 0 atom stereocenters. The van der Waals surface area contributed by atoms with Gasteiger partial charge in [-0.25, -0.2) is 4.98 Å². The van der Waals surface area contributed by atoms with Gasteiger partial charge in [0, 0.05) is 54.7 Å². The molecule has 0 saturated carbocycles. The van der Waals surface area contributed by atoms with Gasteiger partial charge in [0.25, 0.3) is 5.91 Å². The number of carbonyl (C=O) groups is 1. The van der Waals surface area contributed by atoms with Crippen molar-refractivity contribution in [1.82, 2.24) is 24.8 Å². The van der Waals surface area contributed by atoms with Crippen LogP contribution in [0.4, 0.5) is 5.69 Å². The van der Waals surface area contributed by atoms with E-state index >= 15 is 0 Å². The van der Waals surface area contributed by atoms with Crippen molar-refractivity contribution in [2.75, 3.05) is 5.32 Å². The van der Waals surface area contributed by atoms with E-state index in [1.165, 1.54) is 0 Å². The minimum absolute atomic E-state index is 0.141. The molecule has 0 radical (unpaired) electrons. The fourth-order valence-corrected chi connectivity index (χ4v) is 4.91. The van der Waals surface area contributed by atoms with E-state index in [9.17, 15) is 4.79 Å². The summed E-state index contributed by atoms with van der Waals surface area (Å²) in [4.78, 5) is 31.6. The molecular formula is C31H39N7O. The Bertz CT molecular complexity index is 1290. The summed E-state index contributed by atoms with van der Waals surface area (Å²) in [7, 11) is 0. The van der Waals surface area contributed by atoms with Gasteiger partial charge in [-0.15, -0.1) is 0 Å². The zero-order valence-electron chi connectivity index (χ0n) is 23.2. The predicted molar refractivity (Wildman–Crippen MR) is 155 cm³/mol. The van der Waals surface area contributed by atoms with E-state index in [2.05, 4.69) is 44.0 Å². The van der Waals surface area contributed by atoms with Gasteiger partial charge < -0.3 is 16.0 Å². The third kappa shape index (κ3) is 7.81. The molecule has 0 spiro atoms. The van der Waals surface area contributed by atoms with Crippen LogP contribution >= 0.6 is 0 Å². The highest BCUT2D eigenvalue weighted by Gasteiger charge is 2.25. The lowest BCUT2D eigenvalue weighted by atomic mass is 9.83. The zero-order valence-corrected chi connectivity index (χ0v) is 23.2. The normalized spacial score (nSPS) is 11.6. The summed E-state index contributed by atoms with van der Waals surface area (Å²) < 4.78 is 0. The quantitative estimate of drug-likeness (QED) is 0.206. The Morgan fingerprint density at radius 2 is 1.64 bits per heavy atom. The molecule has 8 heteroatoms. The average Bonchev–Trinajstić information content (AvgIpc) is 3.44. The van der Waals surface area contributed by atoms with Crippen molar-refractivity contribution in [1.29, 1.82) is 0 Å². The lowest BCUT2D eigenvalue weighted by molar-refractivity contribution is 0.102. The molecule has 1 amide bonds. The first-order chi connectivity index (χ1) is 18.9. The number of benzene rings is 2. The maximum atomic E-state index is 12.9. The van der Waals surface area contributed by atoms with E-state index < -0.39 is 0 Å². The SMILES string of the molecule is CCCC(N)(CCC)c1ccc(NC(=O)c2ccc(CN(Cc3cnc(C)cn3)Cc3ncc[nH]3)cc2)cc1. The van der Waals surface area contributed by atoms with Crippen molar-refractivity contribution in [2.45, 2.75) is 71.6 Å².